The minimum absolute atomic E-state index is 0.0406. The Kier molecular flexibility index (Phi) is 3.05. The fourth-order valence-electron chi connectivity index (χ4n) is 3.20. The van der Waals surface area contributed by atoms with Crippen molar-refractivity contribution in [2.45, 2.75) is 26.3 Å². The third kappa shape index (κ3) is 2.14. The molecule has 5 heteroatoms. The maximum atomic E-state index is 12.3. The Hall–Kier alpha value is -1.42. The van der Waals surface area contributed by atoms with Crippen molar-refractivity contribution in [3.63, 3.8) is 0 Å². The fourth-order valence-corrected chi connectivity index (χ4v) is 3.38. The van der Waals surface area contributed by atoms with Crippen molar-refractivity contribution in [1.82, 2.24) is 9.88 Å². The van der Waals surface area contributed by atoms with Crippen molar-refractivity contribution in [2.75, 3.05) is 0 Å². The van der Waals surface area contributed by atoms with Crippen LogP contribution in [0.4, 0.5) is 0 Å². The Balaban J connectivity index is 1.80. The first-order valence-electron chi connectivity index (χ1n) is 6.53. The number of halogens is 1. The van der Waals surface area contributed by atoms with Gasteiger partial charge in [0.05, 0.1) is 24.1 Å². The lowest BCUT2D eigenvalue weighted by atomic mass is 10.00. The number of imide groups is 1. The lowest BCUT2D eigenvalue weighted by Crippen LogP contribution is -2.32. The molecule has 19 heavy (non-hydrogen) atoms. The summed E-state index contributed by atoms with van der Waals surface area (Å²) in [6.07, 6.45) is 1.66. The van der Waals surface area contributed by atoms with E-state index in [9.17, 15) is 9.59 Å². The molecular formula is C14H15ClN2O2. The van der Waals surface area contributed by atoms with E-state index in [1.165, 1.54) is 4.90 Å². The molecule has 3 rings (SSSR count). The van der Waals surface area contributed by atoms with Gasteiger partial charge in [0, 0.05) is 0 Å². The Bertz CT molecular complexity index is 522. The number of amides is 2. The van der Waals surface area contributed by atoms with Gasteiger partial charge in [0.1, 0.15) is 5.15 Å². The van der Waals surface area contributed by atoms with Crippen LogP contribution in [0.1, 0.15) is 25.5 Å². The Labute approximate surface area is 116 Å². The molecule has 0 spiro atoms. The molecule has 2 aliphatic rings. The van der Waals surface area contributed by atoms with E-state index in [0.717, 1.165) is 12.8 Å². The second kappa shape index (κ2) is 4.60. The van der Waals surface area contributed by atoms with Crippen LogP contribution in [0.5, 0.6) is 0 Å². The molecule has 1 saturated heterocycles. The van der Waals surface area contributed by atoms with Gasteiger partial charge < -0.3 is 0 Å². The van der Waals surface area contributed by atoms with Crippen LogP contribution in [-0.2, 0) is 16.1 Å². The summed E-state index contributed by atoms with van der Waals surface area (Å²) in [6, 6.07) is 5.23. The molecule has 1 aliphatic carbocycles. The van der Waals surface area contributed by atoms with Crippen LogP contribution in [0.3, 0.4) is 0 Å². The maximum absolute atomic E-state index is 12.3. The smallest absolute Gasteiger partial charge is 0.233 e. The first-order chi connectivity index (χ1) is 9.06. The van der Waals surface area contributed by atoms with Crippen molar-refractivity contribution >= 4 is 23.4 Å². The molecule has 0 radical (unpaired) electrons. The van der Waals surface area contributed by atoms with Gasteiger partial charge in [-0.25, -0.2) is 4.98 Å². The van der Waals surface area contributed by atoms with E-state index in [-0.39, 0.29) is 30.2 Å². The topological polar surface area (TPSA) is 50.3 Å². The summed E-state index contributed by atoms with van der Waals surface area (Å²) >= 11 is 5.82. The van der Waals surface area contributed by atoms with Crippen LogP contribution in [-0.4, -0.2) is 21.7 Å². The zero-order valence-electron chi connectivity index (χ0n) is 10.7. The highest BCUT2D eigenvalue weighted by Gasteiger charge is 2.51. The summed E-state index contributed by atoms with van der Waals surface area (Å²) < 4.78 is 0. The van der Waals surface area contributed by atoms with Gasteiger partial charge in [0.2, 0.25) is 11.8 Å². The van der Waals surface area contributed by atoms with Gasteiger partial charge in [-0.2, -0.15) is 0 Å². The molecule has 4 nitrogen and oxygen atoms in total. The molecule has 2 amide bonds. The summed E-state index contributed by atoms with van der Waals surface area (Å²) in [5.41, 5.74) is 0.655. The quantitative estimate of drug-likeness (QED) is 0.616. The molecule has 1 aliphatic heterocycles. The molecule has 1 aromatic heterocycles. The number of pyridine rings is 1. The number of aromatic nitrogens is 1. The van der Waals surface area contributed by atoms with Crippen molar-refractivity contribution < 1.29 is 9.59 Å². The van der Waals surface area contributed by atoms with Crippen LogP contribution >= 0.6 is 11.6 Å². The maximum Gasteiger partial charge on any atom is 0.233 e. The molecule has 100 valence electrons. The predicted octanol–water partition coefficient (Wildman–Crippen LogP) is 2.27. The molecule has 2 heterocycles. The zero-order chi connectivity index (χ0) is 13.6. The Morgan fingerprint density at radius 2 is 1.89 bits per heavy atom. The SMILES string of the molecule is CC1CC2C(=O)N(Cc3cccc(Cl)n3)C(=O)C2C1. The van der Waals surface area contributed by atoms with E-state index in [1.807, 2.05) is 0 Å². The van der Waals surface area contributed by atoms with Crippen molar-refractivity contribution in [2.24, 2.45) is 17.8 Å². The highest BCUT2D eigenvalue weighted by molar-refractivity contribution is 6.29. The summed E-state index contributed by atoms with van der Waals surface area (Å²) in [6.45, 7) is 2.33. The molecule has 2 unspecified atom stereocenters. The number of carbonyl (C=O) groups is 2. The zero-order valence-corrected chi connectivity index (χ0v) is 11.4. The number of nitrogens with zero attached hydrogens (tertiary/aromatic N) is 2. The van der Waals surface area contributed by atoms with Crippen molar-refractivity contribution in [3.8, 4) is 0 Å². The third-order valence-electron chi connectivity index (χ3n) is 4.06. The van der Waals surface area contributed by atoms with E-state index < -0.39 is 0 Å². The molecule has 1 aromatic rings. The van der Waals surface area contributed by atoms with E-state index >= 15 is 0 Å². The first kappa shape index (κ1) is 12.6. The average Bonchev–Trinajstić information content (AvgIpc) is 2.84. The monoisotopic (exact) mass is 278 g/mol. The molecule has 0 bridgehead atoms. The van der Waals surface area contributed by atoms with Gasteiger partial charge in [-0.1, -0.05) is 24.6 Å². The average molecular weight is 279 g/mol. The summed E-state index contributed by atoms with van der Waals surface area (Å²) in [5, 5.41) is 0.380. The molecule has 1 saturated carbocycles. The number of rotatable bonds is 2. The van der Waals surface area contributed by atoms with Gasteiger partial charge in [-0.05, 0) is 30.9 Å². The predicted molar refractivity (Wildman–Crippen MR) is 70.2 cm³/mol. The minimum Gasteiger partial charge on any atom is -0.276 e. The lowest BCUT2D eigenvalue weighted by molar-refractivity contribution is -0.141. The number of hydrogen-bond acceptors (Lipinski definition) is 3. The molecule has 0 aromatic carbocycles. The van der Waals surface area contributed by atoms with Crippen molar-refractivity contribution in [1.29, 1.82) is 0 Å². The van der Waals surface area contributed by atoms with Crippen molar-refractivity contribution in [3.05, 3.63) is 29.0 Å². The standard InChI is InChI=1S/C14H15ClN2O2/c1-8-5-10-11(6-8)14(19)17(13(10)18)7-9-3-2-4-12(15)16-9/h2-4,8,10-11H,5-7H2,1H3. The Morgan fingerprint density at radius 3 is 2.47 bits per heavy atom. The molecule has 0 N–H and O–H groups in total. The first-order valence-corrected chi connectivity index (χ1v) is 6.90. The highest BCUT2D eigenvalue weighted by atomic mass is 35.5. The number of fused-ring (bicyclic) bond motifs is 1. The largest absolute Gasteiger partial charge is 0.276 e. The van der Waals surface area contributed by atoms with Crippen LogP contribution < -0.4 is 0 Å². The lowest BCUT2D eigenvalue weighted by Gasteiger charge is -2.16. The molecule has 2 fully saturated rings. The Morgan fingerprint density at radius 1 is 1.26 bits per heavy atom. The van der Waals surface area contributed by atoms with E-state index in [4.69, 9.17) is 11.6 Å². The summed E-state index contributed by atoms with van der Waals surface area (Å²) in [5.74, 6) is 0.167. The normalized spacial score (nSPS) is 30.0. The second-order valence-corrected chi connectivity index (χ2v) is 5.89. The second-order valence-electron chi connectivity index (χ2n) is 5.50. The van der Waals surface area contributed by atoms with Gasteiger partial charge in [0.15, 0.2) is 0 Å². The van der Waals surface area contributed by atoms with E-state index in [2.05, 4.69) is 11.9 Å². The van der Waals surface area contributed by atoms with Crippen LogP contribution in [0, 0.1) is 17.8 Å². The molecule has 2 atom stereocenters. The van der Waals surface area contributed by atoms with Crippen LogP contribution in [0.15, 0.2) is 18.2 Å². The number of carbonyl (C=O) groups excluding carboxylic acids is 2. The fraction of sp³-hybridized carbons (Fsp3) is 0.500. The minimum atomic E-state index is -0.110. The van der Waals surface area contributed by atoms with Crippen LogP contribution in [0.2, 0.25) is 5.15 Å². The van der Waals surface area contributed by atoms with E-state index in [1.54, 1.807) is 18.2 Å². The highest BCUT2D eigenvalue weighted by Crippen LogP contribution is 2.43. The van der Waals surface area contributed by atoms with Gasteiger partial charge in [0.25, 0.3) is 0 Å². The van der Waals surface area contributed by atoms with Crippen LogP contribution in [0.25, 0.3) is 0 Å². The van der Waals surface area contributed by atoms with Gasteiger partial charge in [-0.3, -0.25) is 14.5 Å². The third-order valence-corrected chi connectivity index (χ3v) is 4.27. The summed E-state index contributed by atoms with van der Waals surface area (Å²) in [7, 11) is 0. The molecular weight excluding hydrogens is 264 g/mol. The van der Waals surface area contributed by atoms with E-state index in [0.29, 0.717) is 16.8 Å². The van der Waals surface area contributed by atoms with Gasteiger partial charge >= 0.3 is 0 Å². The summed E-state index contributed by atoms with van der Waals surface area (Å²) in [4.78, 5) is 30.0. The van der Waals surface area contributed by atoms with Gasteiger partial charge in [-0.15, -0.1) is 0 Å². The number of likely N-dealkylation sites (tertiary alicyclic amines) is 1. The number of hydrogen-bond donors (Lipinski definition) is 0.